The number of piperazine rings is 1. The lowest BCUT2D eigenvalue weighted by Crippen LogP contribution is -2.52. The SMILES string of the molecule is C[C@H]1C[C@H](C)CN(C(=O)CN2CCN(CC(=O)Nc3cccc(I)c3)CC2)C1. The summed E-state index contributed by atoms with van der Waals surface area (Å²) in [5.41, 5.74) is 0.839. The van der Waals surface area contributed by atoms with Crippen molar-refractivity contribution in [2.45, 2.75) is 20.3 Å². The van der Waals surface area contributed by atoms with Crippen molar-refractivity contribution in [2.75, 3.05) is 57.7 Å². The summed E-state index contributed by atoms with van der Waals surface area (Å²) in [7, 11) is 0. The number of carbonyl (C=O) groups excluding carboxylic acids is 2. The van der Waals surface area contributed by atoms with Gasteiger partial charge in [0.25, 0.3) is 0 Å². The molecule has 2 atom stereocenters. The second-order valence-corrected chi connectivity index (χ2v) is 9.60. The van der Waals surface area contributed by atoms with E-state index in [-0.39, 0.29) is 11.8 Å². The molecule has 28 heavy (non-hydrogen) atoms. The fourth-order valence-corrected chi connectivity index (χ4v) is 4.78. The van der Waals surface area contributed by atoms with E-state index >= 15 is 0 Å². The number of carbonyl (C=O) groups is 2. The van der Waals surface area contributed by atoms with E-state index < -0.39 is 0 Å². The maximum atomic E-state index is 12.7. The first-order chi connectivity index (χ1) is 13.4. The van der Waals surface area contributed by atoms with E-state index in [1.807, 2.05) is 29.2 Å². The predicted molar refractivity (Wildman–Crippen MR) is 120 cm³/mol. The molecule has 0 radical (unpaired) electrons. The van der Waals surface area contributed by atoms with Crippen molar-refractivity contribution in [3.63, 3.8) is 0 Å². The van der Waals surface area contributed by atoms with Crippen LogP contribution in [0.2, 0.25) is 0 Å². The number of hydrogen-bond donors (Lipinski definition) is 1. The van der Waals surface area contributed by atoms with E-state index in [2.05, 4.69) is 51.6 Å². The van der Waals surface area contributed by atoms with E-state index in [9.17, 15) is 9.59 Å². The summed E-state index contributed by atoms with van der Waals surface area (Å²) in [6.07, 6.45) is 1.21. The van der Waals surface area contributed by atoms with Gasteiger partial charge in [-0.3, -0.25) is 19.4 Å². The van der Waals surface area contributed by atoms with Crippen molar-refractivity contribution >= 4 is 40.1 Å². The van der Waals surface area contributed by atoms with Crippen molar-refractivity contribution in [2.24, 2.45) is 11.8 Å². The monoisotopic (exact) mass is 498 g/mol. The number of amides is 2. The van der Waals surface area contributed by atoms with Gasteiger partial charge in [0.2, 0.25) is 11.8 Å². The molecule has 0 saturated carbocycles. The highest BCUT2D eigenvalue weighted by atomic mass is 127. The summed E-state index contributed by atoms with van der Waals surface area (Å²) in [4.78, 5) is 31.4. The lowest BCUT2D eigenvalue weighted by Gasteiger charge is -2.38. The lowest BCUT2D eigenvalue weighted by molar-refractivity contribution is -0.135. The highest BCUT2D eigenvalue weighted by Gasteiger charge is 2.27. The first-order valence-corrected chi connectivity index (χ1v) is 11.2. The molecular formula is C21H31IN4O2. The van der Waals surface area contributed by atoms with Gasteiger partial charge in [-0.15, -0.1) is 0 Å². The minimum atomic E-state index is 0.0165. The zero-order chi connectivity index (χ0) is 20.1. The minimum Gasteiger partial charge on any atom is -0.341 e. The van der Waals surface area contributed by atoms with Crippen LogP contribution in [0.25, 0.3) is 0 Å². The van der Waals surface area contributed by atoms with Gasteiger partial charge in [-0.25, -0.2) is 0 Å². The molecule has 0 unspecified atom stereocenters. The second-order valence-electron chi connectivity index (χ2n) is 8.36. The normalized spacial score (nSPS) is 24.2. The average Bonchev–Trinajstić information content (AvgIpc) is 2.62. The highest BCUT2D eigenvalue weighted by Crippen LogP contribution is 2.21. The summed E-state index contributed by atoms with van der Waals surface area (Å²) in [6, 6.07) is 7.81. The van der Waals surface area contributed by atoms with Crippen LogP contribution >= 0.6 is 22.6 Å². The van der Waals surface area contributed by atoms with E-state index in [1.54, 1.807) is 0 Å². The third-order valence-corrected chi connectivity index (χ3v) is 6.19. The molecular weight excluding hydrogens is 467 g/mol. The van der Waals surface area contributed by atoms with Crippen LogP contribution < -0.4 is 5.32 Å². The molecule has 2 amide bonds. The van der Waals surface area contributed by atoms with Crippen LogP contribution in [0.5, 0.6) is 0 Å². The fraction of sp³-hybridized carbons (Fsp3) is 0.619. The zero-order valence-corrected chi connectivity index (χ0v) is 19.0. The van der Waals surface area contributed by atoms with Crippen LogP contribution in [0.3, 0.4) is 0 Å². The Bertz CT molecular complexity index is 681. The number of piperidine rings is 1. The van der Waals surface area contributed by atoms with Crippen LogP contribution in [0, 0.1) is 15.4 Å². The molecule has 0 spiro atoms. The minimum absolute atomic E-state index is 0.0165. The number of benzene rings is 1. The molecule has 2 aliphatic rings. The van der Waals surface area contributed by atoms with Crippen LogP contribution in [-0.2, 0) is 9.59 Å². The molecule has 154 valence electrons. The van der Waals surface area contributed by atoms with Crippen molar-refractivity contribution in [1.82, 2.24) is 14.7 Å². The summed E-state index contributed by atoms with van der Waals surface area (Å²) in [5, 5.41) is 2.96. The van der Waals surface area contributed by atoms with Gasteiger partial charge in [0.15, 0.2) is 0 Å². The highest BCUT2D eigenvalue weighted by molar-refractivity contribution is 14.1. The topological polar surface area (TPSA) is 55.9 Å². The quantitative estimate of drug-likeness (QED) is 0.634. The van der Waals surface area contributed by atoms with Crippen molar-refractivity contribution < 1.29 is 9.59 Å². The summed E-state index contributed by atoms with van der Waals surface area (Å²) >= 11 is 2.24. The number of rotatable bonds is 5. The number of anilines is 1. The molecule has 2 fully saturated rings. The maximum Gasteiger partial charge on any atom is 0.238 e. The Morgan fingerprint density at radius 3 is 2.25 bits per heavy atom. The number of halogens is 1. The van der Waals surface area contributed by atoms with Gasteiger partial charge < -0.3 is 10.2 Å². The second kappa shape index (κ2) is 10.0. The van der Waals surface area contributed by atoms with E-state index in [4.69, 9.17) is 0 Å². The van der Waals surface area contributed by atoms with Gasteiger partial charge in [0.1, 0.15) is 0 Å². The Morgan fingerprint density at radius 2 is 1.64 bits per heavy atom. The first-order valence-electron chi connectivity index (χ1n) is 10.2. The summed E-state index contributed by atoms with van der Waals surface area (Å²) < 4.78 is 1.10. The Morgan fingerprint density at radius 1 is 1.04 bits per heavy atom. The van der Waals surface area contributed by atoms with E-state index in [1.165, 1.54) is 6.42 Å². The molecule has 0 aliphatic carbocycles. The molecule has 1 N–H and O–H groups in total. The zero-order valence-electron chi connectivity index (χ0n) is 16.9. The van der Waals surface area contributed by atoms with Crippen LogP contribution in [0.1, 0.15) is 20.3 Å². The number of nitrogens with one attached hydrogen (secondary N) is 1. The van der Waals surface area contributed by atoms with Gasteiger partial charge in [-0.05, 0) is 59.0 Å². The van der Waals surface area contributed by atoms with Crippen molar-refractivity contribution in [1.29, 1.82) is 0 Å². The van der Waals surface area contributed by atoms with Gasteiger partial charge in [0.05, 0.1) is 13.1 Å². The van der Waals surface area contributed by atoms with Gasteiger partial charge in [0, 0.05) is 48.5 Å². The lowest BCUT2D eigenvalue weighted by atomic mass is 9.92. The van der Waals surface area contributed by atoms with Crippen LogP contribution in [0.4, 0.5) is 5.69 Å². The summed E-state index contributed by atoms with van der Waals surface area (Å²) in [5.74, 6) is 1.46. The standard InChI is InChI=1S/C21H31IN4O2/c1-16-10-17(2)13-26(12-16)21(28)15-25-8-6-24(7-9-25)14-20(27)23-19-5-3-4-18(22)11-19/h3-5,11,16-17H,6-10,12-15H2,1-2H3,(H,23,27)/t16-,17-/m0/s1. The molecule has 3 rings (SSSR count). The Kier molecular flexibility index (Phi) is 7.70. The maximum absolute atomic E-state index is 12.7. The number of likely N-dealkylation sites (tertiary alicyclic amines) is 1. The fourth-order valence-electron chi connectivity index (χ4n) is 4.23. The molecule has 7 heteroatoms. The molecule has 0 bridgehead atoms. The molecule has 1 aromatic carbocycles. The van der Waals surface area contributed by atoms with Crippen molar-refractivity contribution in [3.8, 4) is 0 Å². The first kappa shape index (κ1) is 21.5. The summed E-state index contributed by atoms with van der Waals surface area (Å²) in [6.45, 7) is 10.5. The third-order valence-electron chi connectivity index (χ3n) is 5.52. The molecule has 2 aliphatic heterocycles. The Labute approximate surface area is 181 Å². The smallest absolute Gasteiger partial charge is 0.238 e. The van der Waals surface area contributed by atoms with Crippen LogP contribution in [0.15, 0.2) is 24.3 Å². The van der Waals surface area contributed by atoms with E-state index in [0.29, 0.717) is 24.9 Å². The van der Waals surface area contributed by atoms with Gasteiger partial charge in [-0.2, -0.15) is 0 Å². The predicted octanol–water partition coefficient (Wildman–Crippen LogP) is 2.35. The molecule has 2 heterocycles. The Hall–Kier alpha value is -1.19. The third kappa shape index (κ3) is 6.42. The van der Waals surface area contributed by atoms with Gasteiger partial charge in [-0.1, -0.05) is 19.9 Å². The van der Waals surface area contributed by atoms with Crippen molar-refractivity contribution in [3.05, 3.63) is 27.8 Å². The number of hydrogen-bond acceptors (Lipinski definition) is 4. The Balaban J connectivity index is 1.39. The van der Waals surface area contributed by atoms with Crippen LogP contribution in [-0.4, -0.2) is 78.9 Å². The van der Waals surface area contributed by atoms with Gasteiger partial charge >= 0.3 is 0 Å². The van der Waals surface area contributed by atoms with E-state index in [0.717, 1.165) is 48.5 Å². The number of nitrogens with zero attached hydrogens (tertiary/aromatic N) is 3. The molecule has 0 aromatic heterocycles. The molecule has 6 nitrogen and oxygen atoms in total. The molecule has 2 saturated heterocycles. The molecule has 1 aromatic rings. The largest absolute Gasteiger partial charge is 0.341 e. The average molecular weight is 498 g/mol.